The van der Waals surface area contributed by atoms with E-state index in [1.54, 1.807) is 7.11 Å². The minimum Gasteiger partial charge on any atom is -0.496 e. The third-order valence-corrected chi connectivity index (χ3v) is 4.01. The largest absolute Gasteiger partial charge is 0.496 e. The molecule has 1 aliphatic heterocycles. The van der Waals surface area contributed by atoms with Crippen molar-refractivity contribution in [3.05, 3.63) is 28.8 Å². The molecule has 1 aliphatic carbocycles. The van der Waals surface area contributed by atoms with Gasteiger partial charge in [0.15, 0.2) is 0 Å². The molecular weight excluding hydrogens is 226 g/mol. The van der Waals surface area contributed by atoms with E-state index >= 15 is 0 Å². The molecule has 1 saturated heterocycles. The van der Waals surface area contributed by atoms with Crippen LogP contribution in [0.15, 0.2) is 12.1 Å². The second-order valence-corrected chi connectivity index (χ2v) is 5.09. The molecule has 0 saturated carbocycles. The quantitative estimate of drug-likeness (QED) is 0.869. The zero-order valence-electron chi connectivity index (χ0n) is 11.0. The number of hydrogen-bond acceptors (Lipinski definition) is 3. The molecule has 18 heavy (non-hydrogen) atoms. The molecule has 98 valence electrons. The number of ether oxygens (including phenoxy) is 2. The highest BCUT2D eigenvalue weighted by Crippen LogP contribution is 2.37. The van der Waals surface area contributed by atoms with Crippen molar-refractivity contribution in [2.75, 3.05) is 26.8 Å². The Morgan fingerprint density at radius 1 is 1.28 bits per heavy atom. The lowest BCUT2D eigenvalue weighted by Crippen LogP contribution is -2.34. The molecule has 1 fully saturated rings. The first-order chi connectivity index (χ1) is 8.90. The minimum absolute atomic E-state index is 0.154. The Labute approximate surface area is 108 Å². The summed E-state index contributed by atoms with van der Waals surface area (Å²) in [6.45, 7) is 2.64. The molecule has 1 atom stereocenters. The number of benzene rings is 1. The van der Waals surface area contributed by atoms with Crippen LogP contribution >= 0.6 is 0 Å². The van der Waals surface area contributed by atoms with Gasteiger partial charge in [0.2, 0.25) is 0 Å². The fourth-order valence-electron chi connectivity index (χ4n) is 3.12. The van der Waals surface area contributed by atoms with Crippen LogP contribution in [-0.4, -0.2) is 26.8 Å². The Kier molecular flexibility index (Phi) is 3.52. The average molecular weight is 247 g/mol. The number of fused-ring (bicyclic) bond motifs is 1. The number of aryl methyl sites for hydroxylation is 1. The summed E-state index contributed by atoms with van der Waals surface area (Å²) >= 11 is 0. The van der Waals surface area contributed by atoms with E-state index in [0.717, 1.165) is 25.4 Å². The van der Waals surface area contributed by atoms with Gasteiger partial charge in [-0.15, -0.1) is 0 Å². The van der Waals surface area contributed by atoms with E-state index in [9.17, 15) is 0 Å². The van der Waals surface area contributed by atoms with E-state index in [1.807, 2.05) is 0 Å². The summed E-state index contributed by atoms with van der Waals surface area (Å²) in [6, 6.07) is 4.34. The molecular formula is C15H21NO2. The zero-order valence-corrected chi connectivity index (χ0v) is 11.0. The molecule has 0 spiro atoms. The second-order valence-electron chi connectivity index (χ2n) is 5.09. The lowest BCUT2D eigenvalue weighted by atomic mass is 9.85. The Morgan fingerprint density at radius 2 is 2.17 bits per heavy atom. The lowest BCUT2D eigenvalue weighted by molar-refractivity contribution is 0.0256. The summed E-state index contributed by atoms with van der Waals surface area (Å²) in [5.41, 5.74) is 4.27. The number of hydrogen-bond donors (Lipinski definition) is 1. The van der Waals surface area contributed by atoms with Crippen LogP contribution in [0.4, 0.5) is 0 Å². The molecule has 1 N–H and O–H groups in total. The van der Waals surface area contributed by atoms with Crippen molar-refractivity contribution in [2.24, 2.45) is 0 Å². The van der Waals surface area contributed by atoms with Crippen LogP contribution in [-0.2, 0) is 17.6 Å². The van der Waals surface area contributed by atoms with Gasteiger partial charge >= 0.3 is 0 Å². The summed E-state index contributed by atoms with van der Waals surface area (Å²) in [5.74, 6) is 0.990. The van der Waals surface area contributed by atoms with Crippen LogP contribution in [0.25, 0.3) is 0 Å². The maximum atomic E-state index is 5.93. The predicted molar refractivity (Wildman–Crippen MR) is 71.2 cm³/mol. The van der Waals surface area contributed by atoms with Crippen LogP contribution in [0.1, 0.15) is 35.6 Å². The normalized spacial score (nSPS) is 23.5. The topological polar surface area (TPSA) is 30.5 Å². The van der Waals surface area contributed by atoms with Gasteiger partial charge in [-0.25, -0.2) is 0 Å². The summed E-state index contributed by atoms with van der Waals surface area (Å²) in [4.78, 5) is 0. The number of morpholine rings is 1. The van der Waals surface area contributed by atoms with Gasteiger partial charge in [-0.1, -0.05) is 6.07 Å². The van der Waals surface area contributed by atoms with E-state index in [1.165, 1.54) is 42.4 Å². The van der Waals surface area contributed by atoms with Crippen LogP contribution in [0.2, 0.25) is 0 Å². The minimum atomic E-state index is 0.154. The van der Waals surface area contributed by atoms with E-state index in [-0.39, 0.29) is 6.10 Å². The first kappa shape index (κ1) is 12.0. The molecule has 1 aromatic rings. The first-order valence-corrected chi connectivity index (χ1v) is 6.91. The molecule has 3 nitrogen and oxygen atoms in total. The molecule has 0 radical (unpaired) electrons. The van der Waals surface area contributed by atoms with Crippen LogP contribution < -0.4 is 10.1 Å². The van der Waals surface area contributed by atoms with Gasteiger partial charge in [-0.05, 0) is 42.9 Å². The monoisotopic (exact) mass is 247 g/mol. The number of rotatable bonds is 2. The molecule has 1 unspecified atom stereocenters. The molecule has 0 bridgehead atoms. The summed E-state index contributed by atoms with van der Waals surface area (Å²) in [5, 5.41) is 3.41. The highest BCUT2D eigenvalue weighted by Gasteiger charge is 2.25. The molecule has 2 aliphatic rings. The van der Waals surface area contributed by atoms with E-state index in [2.05, 4.69) is 17.4 Å². The Hall–Kier alpha value is -1.06. The molecule has 3 heteroatoms. The standard InChI is InChI=1S/C15H21NO2/c1-17-13-7-6-11-4-2-3-5-12(11)15(13)14-10-16-8-9-18-14/h6-7,14,16H,2-5,8-10H2,1H3. The van der Waals surface area contributed by atoms with E-state index in [4.69, 9.17) is 9.47 Å². The first-order valence-electron chi connectivity index (χ1n) is 6.91. The fraction of sp³-hybridized carbons (Fsp3) is 0.600. The predicted octanol–water partition coefficient (Wildman–Crippen LogP) is 2.23. The summed E-state index contributed by atoms with van der Waals surface area (Å²) in [7, 11) is 1.75. The maximum absolute atomic E-state index is 5.93. The van der Waals surface area contributed by atoms with Crippen molar-refractivity contribution in [3.63, 3.8) is 0 Å². The maximum Gasteiger partial charge on any atom is 0.125 e. The lowest BCUT2D eigenvalue weighted by Gasteiger charge is -2.30. The van der Waals surface area contributed by atoms with Crippen LogP contribution in [0, 0.1) is 0 Å². The van der Waals surface area contributed by atoms with Crippen molar-refractivity contribution in [3.8, 4) is 5.75 Å². The van der Waals surface area contributed by atoms with Gasteiger partial charge in [0.25, 0.3) is 0 Å². The summed E-state index contributed by atoms with van der Waals surface area (Å²) < 4.78 is 11.5. The van der Waals surface area contributed by atoms with Gasteiger partial charge in [0.1, 0.15) is 5.75 Å². The average Bonchev–Trinajstić information content (AvgIpc) is 2.47. The zero-order chi connectivity index (χ0) is 12.4. The highest BCUT2D eigenvalue weighted by atomic mass is 16.5. The Bertz CT molecular complexity index is 425. The van der Waals surface area contributed by atoms with E-state index in [0.29, 0.717) is 0 Å². The number of methoxy groups -OCH3 is 1. The van der Waals surface area contributed by atoms with Crippen molar-refractivity contribution in [2.45, 2.75) is 31.8 Å². The third-order valence-electron chi connectivity index (χ3n) is 4.01. The molecule has 3 rings (SSSR count). The van der Waals surface area contributed by atoms with Gasteiger partial charge in [0, 0.05) is 18.7 Å². The van der Waals surface area contributed by atoms with Crippen molar-refractivity contribution >= 4 is 0 Å². The van der Waals surface area contributed by atoms with E-state index < -0.39 is 0 Å². The van der Waals surface area contributed by atoms with Crippen molar-refractivity contribution in [1.29, 1.82) is 0 Å². The van der Waals surface area contributed by atoms with Crippen molar-refractivity contribution < 1.29 is 9.47 Å². The summed E-state index contributed by atoms with van der Waals surface area (Å²) in [6.07, 6.45) is 5.12. The van der Waals surface area contributed by atoms with Crippen LogP contribution in [0.3, 0.4) is 0 Å². The third kappa shape index (κ3) is 2.13. The van der Waals surface area contributed by atoms with Gasteiger partial charge < -0.3 is 14.8 Å². The Balaban J connectivity index is 2.03. The fourth-order valence-corrected chi connectivity index (χ4v) is 3.12. The van der Waals surface area contributed by atoms with Crippen molar-refractivity contribution in [1.82, 2.24) is 5.32 Å². The molecule has 0 amide bonds. The molecule has 0 aromatic heterocycles. The SMILES string of the molecule is COc1ccc2c(c1C1CNCCO1)CCCC2. The second kappa shape index (κ2) is 5.29. The Morgan fingerprint density at radius 3 is 2.94 bits per heavy atom. The van der Waals surface area contributed by atoms with Gasteiger partial charge in [0.05, 0.1) is 19.8 Å². The van der Waals surface area contributed by atoms with Gasteiger partial charge in [-0.3, -0.25) is 0 Å². The highest BCUT2D eigenvalue weighted by molar-refractivity contribution is 5.48. The number of nitrogens with one attached hydrogen (secondary N) is 1. The molecule has 1 heterocycles. The van der Waals surface area contributed by atoms with Gasteiger partial charge in [-0.2, -0.15) is 0 Å². The van der Waals surface area contributed by atoms with Crippen LogP contribution in [0.5, 0.6) is 5.75 Å². The smallest absolute Gasteiger partial charge is 0.125 e. The molecule has 1 aromatic carbocycles.